The van der Waals surface area contributed by atoms with Gasteiger partial charge >= 0.3 is 0 Å². The average molecular weight is 119 g/mol. The van der Waals surface area contributed by atoms with E-state index in [1.54, 1.807) is 0 Å². The van der Waals surface area contributed by atoms with E-state index in [-0.39, 0.29) is 0 Å². The van der Waals surface area contributed by atoms with Crippen molar-refractivity contribution < 1.29 is 4.70 Å². The second-order valence-electron chi connectivity index (χ2n) is 2.05. The average Bonchev–Trinajstić information content (AvgIpc) is 1.65. The smallest absolute Gasteiger partial charge is 0.107 e. The van der Waals surface area contributed by atoms with Gasteiger partial charge in [0.2, 0.25) is 0 Å². The summed E-state index contributed by atoms with van der Waals surface area (Å²) in [4.78, 5) is 0. The van der Waals surface area contributed by atoms with Crippen molar-refractivity contribution in [2.45, 2.75) is 0 Å². The van der Waals surface area contributed by atoms with Crippen LogP contribution in [0.4, 0.5) is 0 Å². The zero-order chi connectivity index (χ0) is 6.04. The van der Waals surface area contributed by atoms with Crippen molar-refractivity contribution in [3.8, 4) is 0 Å². The number of hydrogen-bond acceptors (Lipinski definition) is 5. The molecule has 0 aliphatic carbocycles. The van der Waals surface area contributed by atoms with Gasteiger partial charge in [-0.1, -0.05) is 11.1 Å². The highest BCUT2D eigenvalue weighted by atomic mass is 16.1. The van der Waals surface area contributed by atoms with E-state index in [0.717, 1.165) is 0 Å². The van der Waals surface area contributed by atoms with Gasteiger partial charge in [-0.05, 0) is 0 Å². The number of quaternary nitrogens is 1. The van der Waals surface area contributed by atoms with Crippen LogP contribution in [-0.2, 0) is 0 Å². The lowest BCUT2D eigenvalue weighted by Gasteiger charge is -2.32. The largest absolute Gasteiger partial charge is 0.158 e. The summed E-state index contributed by atoms with van der Waals surface area (Å²) in [6.45, 7) is 0. The molecule has 0 atom stereocenters. The molecule has 0 amide bonds. The molecule has 0 spiro atoms. The summed E-state index contributed by atoms with van der Waals surface area (Å²) in [7, 11) is 3.86. The Morgan fingerprint density at radius 1 is 0.875 bits per heavy atom. The maximum atomic E-state index is 2.86. The van der Waals surface area contributed by atoms with Gasteiger partial charge in [0.1, 0.15) is 14.1 Å². The molecule has 1 aliphatic heterocycles. The predicted octanol–water partition coefficient (Wildman–Crippen LogP) is -2.49. The number of rotatable bonds is 0. The highest BCUT2D eigenvalue weighted by Crippen LogP contribution is 1.76. The van der Waals surface area contributed by atoms with Crippen LogP contribution in [0.1, 0.15) is 0 Å². The van der Waals surface area contributed by atoms with Gasteiger partial charge in [-0.2, -0.15) is 5.53 Å². The zero-order valence-electron chi connectivity index (χ0n) is 4.95. The van der Waals surface area contributed by atoms with Crippen molar-refractivity contribution >= 4 is 0 Å². The van der Waals surface area contributed by atoms with Crippen LogP contribution in [0.5, 0.6) is 0 Å². The molecule has 1 heterocycles. The van der Waals surface area contributed by atoms with Crippen molar-refractivity contribution in [3.05, 3.63) is 0 Å². The SMILES string of the molecule is C[N+]1(C)NNNNN1. The van der Waals surface area contributed by atoms with Gasteiger partial charge in [0, 0.05) is 0 Å². The molecule has 0 bridgehead atoms. The summed E-state index contributed by atoms with van der Waals surface area (Å²) in [6.07, 6.45) is 0. The van der Waals surface area contributed by atoms with E-state index in [9.17, 15) is 0 Å². The maximum Gasteiger partial charge on any atom is 0.107 e. The molecular weight excluding hydrogens is 108 g/mol. The molecule has 1 saturated heterocycles. The van der Waals surface area contributed by atoms with E-state index in [2.05, 4.69) is 27.7 Å². The molecule has 6 nitrogen and oxygen atoms in total. The van der Waals surface area contributed by atoms with Crippen LogP contribution in [0.15, 0.2) is 0 Å². The minimum absolute atomic E-state index is 0.465. The van der Waals surface area contributed by atoms with Gasteiger partial charge in [0.25, 0.3) is 0 Å². The molecule has 6 heteroatoms. The standard InChI is InChI=1S/C2H11N6/c1-8(2)6-4-3-5-7-8/h3-7H,1-2H3/q+1. The summed E-state index contributed by atoms with van der Waals surface area (Å²) < 4.78 is 0.465. The molecule has 1 fully saturated rings. The molecule has 1 aliphatic rings. The highest BCUT2D eigenvalue weighted by Gasteiger charge is 2.16. The normalized spacial score (nSPS) is 27.8. The Balaban J connectivity index is 2.33. The Hall–Kier alpha value is -0.240. The van der Waals surface area contributed by atoms with Gasteiger partial charge in [-0.15, -0.1) is 15.8 Å². The van der Waals surface area contributed by atoms with Crippen molar-refractivity contribution in [2.24, 2.45) is 0 Å². The molecule has 0 aromatic carbocycles. The molecule has 8 heavy (non-hydrogen) atoms. The molecule has 5 N–H and O–H groups in total. The summed E-state index contributed by atoms with van der Waals surface area (Å²) in [6, 6.07) is 0. The first-order valence-corrected chi connectivity index (χ1v) is 2.34. The fourth-order valence-corrected chi connectivity index (χ4v) is 0.395. The van der Waals surface area contributed by atoms with Crippen LogP contribution in [0, 0.1) is 0 Å². The fourth-order valence-electron chi connectivity index (χ4n) is 0.395. The highest BCUT2D eigenvalue weighted by molar-refractivity contribution is 4.12. The molecule has 48 valence electrons. The van der Waals surface area contributed by atoms with E-state index in [0.29, 0.717) is 4.70 Å². The number of hydrazine groups is 4. The van der Waals surface area contributed by atoms with Gasteiger partial charge in [-0.25, -0.2) is 0 Å². The van der Waals surface area contributed by atoms with Gasteiger partial charge in [0.15, 0.2) is 0 Å². The Kier molecular flexibility index (Phi) is 1.43. The van der Waals surface area contributed by atoms with Crippen LogP contribution in [0.25, 0.3) is 0 Å². The van der Waals surface area contributed by atoms with Crippen LogP contribution < -0.4 is 27.7 Å². The molecule has 0 radical (unpaired) electrons. The van der Waals surface area contributed by atoms with Crippen molar-refractivity contribution in [2.75, 3.05) is 14.1 Å². The third-order valence-corrected chi connectivity index (χ3v) is 0.796. The quantitative estimate of drug-likeness (QED) is 0.228. The molecule has 0 aromatic rings. The molecule has 0 unspecified atom stereocenters. The van der Waals surface area contributed by atoms with Gasteiger partial charge in [0.05, 0.1) is 0 Å². The Labute approximate surface area is 47.6 Å². The first kappa shape index (κ1) is 5.89. The Bertz CT molecular complexity index is 70.6. The number of hydrogen-bond donors (Lipinski definition) is 5. The second kappa shape index (κ2) is 1.94. The first-order valence-electron chi connectivity index (χ1n) is 2.34. The zero-order valence-corrected chi connectivity index (χ0v) is 4.95. The lowest BCUT2D eigenvalue weighted by molar-refractivity contribution is -0.994. The van der Waals surface area contributed by atoms with Crippen molar-refractivity contribution in [1.82, 2.24) is 27.7 Å². The van der Waals surface area contributed by atoms with Crippen LogP contribution in [0.2, 0.25) is 0 Å². The topological polar surface area (TPSA) is 60.1 Å². The molecule has 1 rings (SSSR count). The Morgan fingerprint density at radius 3 is 1.62 bits per heavy atom. The fraction of sp³-hybridized carbons (Fsp3) is 1.00. The van der Waals surface area contributed by atoms with Gasteiger partial charge in [-0.3, -0.25) is 0 Å². The summed E-state index contributed by atoms with van der Waals surface area (Å²) in [5.41, 5.74) is 13.7. The van der Waals surface area contributed by atoms with Crippen LogP contribution in [-0.4, -0.2) is 18.8 Å². The molecular formula is C2H11N6+. The van der Waals surface area contributed by atoms with E-state index < -0.39 is 0 Å². The maximum absolute atomic E-state index is 2.86. The minimum Gasteiger partial charge on any atom is -0.158 e. The first-order chi connectivity index (χ1) is 3.71. The van der Waals surface area contributed by atoms with E-state index in [1.807, 2.05) is 14.1 Å². The third-order valence-electron chi connectivity index (χ3n) is 0.796. The third kappa shape index (κ3) is 1.37. The van der Waals surface area contributed by atoms with E-state index in [4.69, 9.17) is 0 Å². The lowest BCUT2D eigenvalue weighted by Crippen LogP contribution is -2.79. The molecule has 0 aromatic heterocycles. The predicted molar refractivity (Wildman–Crippen MR) is 27.8 cm³/mol. The lowest BCUT2D eigenvalue weighted by atomic mass is 11.1. The summed E-state index contributed by atoms with van der Waals surface area (Å²) >= 11 is 0. The van der Waals surface area contributed by atoms with Gasteiger partial charge < -0.3 is 0 Å². The monoisotopic (exact) mass is 119 g/mol. The van der Waals surface area contributed by atoms with E-state index >= 15 is 0 Å². The second-order valence-corrected chi connectivity index (χ2v) is 2.05. The molecule has 0 saturated carbocycles. The van der Waals surface area contributed by atoms with Crippen LogP contribution >= 0.6 is 0 Å². The summed E-state index contributed by atoms with van der Waals surface area (Å²) in [5, 5.41) is 0. The number of nitrogens with one attached hydrogen (secondary N) is 5. The van der Waals surface area contributed by atoms with Crippen molar-refractivity contribution in [1.29, 1.82) is 0 Å². The minimum atomic E-state index is 0.465. The van der Waals surface area contributed by atoms with Crippen molar-refractivity contribution in [3.63, 3.8) is 0 Å². The Morgan fingerprint density at radius 2 is 1.38 bits per heavy atom. The summed E-state index contributed by atoms with van der Waals surface area (Å²) in [5.74, 6) is 0. The van der Waals surface area contributed by atoms with Crippen LogP contribution in [0.3, 0.4) is 0 Å². The number of nitrogens with zero attached hydrogens (tertiary/aromatic N) is 1. The van der Waals surface area contributed by atoms with E-state index in [1.165, 1.54) is 0 Å².